The SMILES string of the molecule is CN=C(NCc1ccccn1)NCC(C)c1ccsc1.I. The van der Waals surface area contributed by atoms with E-state index in [1.165, 1.54) is 5.56 Å². The molecular formula is C15H21IN4S. The van der Waals surface area contributed by atoms with Gasteiger partial charge in [-0.3, -0.25) is 9.98 Å². The molecule has 0 aliphatic heterocycles. The molecule has 2 aromatic heterocycles. The van der Waals surface area contributed by atoms with Crippen LogP contribution in [0.5, 0.6) is 0 Å². The number of halogens is 1. The van der Waals surface area contributed by atoms with Crippen LogP contribution in [0.15, 0.2) is 46.2 Å². The third-order valence-corrected chi connectivity index (χ3v) is 3.78. The molecule has 2 rings (SSSR count). The number of hydrogen-bond acceptors (Lipinski definition) is 3. The van der Waals surface area contributed by atoms with E-state index in [0.29, 0.717) is 12.5 Å². The Morgan fingerprint density at radius 2 is 2.19 bits per heavy atom. The lowest BCUT2D eigenvalue weighted by molar-refractivity contribution is 0.698. The number of thiophene rings is 1. The van der Waals surface area contributed by atoms with Gasteiger partial charge < -0.3 is 10.6 Å². The van der Waals surface area contributed by atoms with Gasteiger partial charge in [-0.1, -0.05) is 13.0 Å². The Labute approximate surface area is 147 Å². The summed E-state index contributed by atoms with van der Waals surface area (Å²) in [6.07, 6.45) is 1.80. The quantitative estimate of drug-likeness (QED) is 0.447. The van der Waals surface area contributed by atoms with Crippen molar-refractivity contribution in [1.82, 2.24) is 15.6 Å². The topological polar surface area (TPSA) is 49.3 Å². The summed E-state index contributed by atoms with van der Waals surface area (Å²) in [6.45, 7) is 3.74. The first-order valence-electron chi connectivity index (χ1n) is 6.66. The second-order valence-electron chi connectivity index (χ2n) is 4.59. The van der Waals surface area contributed by atoms with E-state index in [4.69, 9.17) is 0 Å². The molecule has 0 bridgehead atoms. The Hall–Kier alpha value is -1.15. The minimum absolute atomic E-state index is 0. The molecule has 114 valence electrons. The first-order valence-corrected chi connectivity index (χ1v) is 7.60. The number of guanidine groups is 1. The molecule has 1 atom stereocenters. The van der Waals surface area contributed by atoms with Crippen molar-refractivity contribution in [2.24, 2.45) is 4.99 Å². The number of aliphatic imine (C=N–C) groups is 1. The molecule has 0 aromatic carbocycles. The average Bonchev–Trinajstić information content (AvgIpc) is 3.02. The van der Waals surface area contributed by atoms with Crippen LogP contribution in [-0.4, -0.2) is 24.5 Å². The molecule has 2 aromatic rings. The normalized spacial score (nSPS) is 12.4. The summed E-state index contributed by atoms with van der Waals surface area (Å²) in [7, 11) is 1.78. The summed E-state index contributed by atoms with van der Waals surface area (Å²) >= 11 is 1.73. The van der Waals surface area contributed by atoms with Crippen LogP contribution < -0.4 is 10.6 Å². The number of aromatic nitrogens is 1. The second kappa shape index (κ2) is 9.73. The van der Waals surface area contributed by atoms with Gasteiger partial charge in [0.15, 0.2) is 5.96 Å². The van der Waals surface area contributed by atoms with Crippen LogP contribution in [0.25, 0.3) is 0 Å². The van der Waals surface area contributed by atoms with Gasteiger partial charge >= 0.3 is 0 Å². The van der Waals surface area contributed by atoms with E-state index in [1.807, 2.05) is 18.2 Å². The molecule has 0 radical (unpaired) electrons. The number of nitrogens with zero attached hydrogens (tertiary/aromatic N) is 2. The lowest BCUT2D eigenvalue weighted by Gasteiger charge is -2.15. The van der Waals surface area contributed by atoms with Crippen molar-refractivity contribution < 1.29 is 0 Å². The van der Waals surface area contributed by atoms with Crippen LogP contribution in [0.1, 0.15) is 24.1 Å². The van der Waals surface area contributed by atoms with Crippen LogP contribution >= 0.6 is 35.3 Å². The second-order valence-corrected chi connectivity index (χ2v) is 5.37. The Morgan fingerprint density at radius 1 is 1.33 bits per heavy atom. The highest BCUT2D eigenvalue weighted by molar-refractivity contribution is 14.0. The average molecular weight is 416 g/mol. The van der Waals surface area contributed by atoms with Crippen molar-refractivity contribution in [2.75, 3.05) is 13.6 Å². The van der Waals surface area contributed by atoms with Gasteiger partial charge in [0.1, 0.15) is 0 Å². The highest BCUT2D eigenvalue weighted by atomic mass is 127. The molecule has 0 aliphatic rings. The molecule has 0 saturated heterocycles. The van der Waals surface area contributed by atoms with Crippen molar-refractivity contribution in [3.63, 3.8) is 0 Å². The number of pyridine rings is 1. The molecular weight excluding hydrogens is 395 g/mol. The number of hydrogen-bond donors (Lipinski definition) is 2. The summed E-state index contributed by atoms with van der Waals surface area (Å²) in [5.41, 5.74) is 2.36. The fourth-order valence-electron chi connectivity index (χ4n) is 1.82. The molecule has 1 unspecified atom stereocenters. The first kappa shape index (κ1) is 17.9. The van der Waals surface area contributed by atoms with E-state index < -0.39 is 0 Å². The van der Waals surface area contributed by atoms with Gasteiger partial charge in [0, 0.05) is 19.8 Å². The molecule has 4 nitrogen and oxygen atoms in total. The van der Waals surface area contributed by atoms with E-state index in [-0.39, 0.29) is 24.0 Å². The van der Waals surface area contributed by atoms with Crippen molar-refractivity contribution in [3.8, 4) is 0 Å². The van der Waals surface area contributed by atoms with Gasteiger partial charge in [-0.15, -0.1) is 24.0 Å². The smallest absolute Gasteiger partial charge is 0.191 e. The number of nitrogens with one attached hydrogen (secondary N) is 2. The summed E-state index contributed by atoms with van der Waals surface area (Å²) in [4.78, 5) is 8.50. The summed E-state index contributed by atoms with van der Waals surface area (Å²) in [5.74, 6) is 1.27. The number of rotatable bonds is 5. The van der Waals surface area contributed by atoms with Crippen LogP contribution in [0.4, 0.5) is 0 Å². The van der Waals surface area contributed by atoms with Crippen LogP contribution in [-0.2, 0) is 6.54 Å². The van der Waals surface area contributed by atoms with Crippen LogP contribution in [0, 0.1) is 0 Å². The Morgan fingerprint density at radius 3 is 2.81 bits per heavy atom. The highest BCUT2D eigenvalue weighted by Crippen LogP contribution is 2.16. The van der Waals surface area contributed by atoms with E-state index in [9.17, 15) is 0 Å². The van der Waals surface area contributed by atoms with E-state index >= 15 is 0 Å². The first-order chi connectivity index (χ1) is 9.79. The maximum atomic E-state index is 4.28. The maximum Gasteiger partial charge on any atom is 0.191 e. The molecule has 0 fully saturated rings. The molecule has 21 heavy (non-hydrogen) atoms. The molecule has 0 amide bonds. The molecule has 6 heteroatoms. The van der Waals surface area contributed by atoms with Crippen LogP contribution in [0.3, 0.4) is 0 Å². The Balaban J connectivity index is 0.00000220. The zero-order chi connectivity index (χ0) is 14.2. The predicted molar refractivity (Wildman–Crippen MR) is 101 cm³/mol. The molecule has 0 spiro atoms. The van der Waals surface area contributed by atoms with E-state index in [1.54, 1.807) is 24.6 Å². The fourth-order valence-corrected chi connectivity index (χ4v) is 2.60. The van der Waals surface area contributed by atoms with Crippen molar-refractivity contribution >= 4 is 41.3 Å². The fraction of sp³-hybridized carbons (Fsp3) is 0.333. The third kappa shape index (κ3) is 6.01. The van der Waals surface area contributed by atoms with Gasteiger partial charge in [-0.05, 0) is 40.4 Å². The van der Waals surface area contributed by atoms with Gasteiger partial charge in [0.25, 0.3) is 0 Å². The van der Waals surface area contributed by atoms with Crippen molar-refractivity contribution in [2.45, 2.75) is 19.4 Å². The molecule has 2 heterocycles. The standard InChI is InChI=1S/C15H20N4S.HI/c1-12(13-6-8-20-11-13)9-18-15(16-2)19-10-14-5-3-4-7-17-14;/h3-8,11-12H,9-10H2,1-2H3,(H2,16,18,19);1H. The molecule has 0 saturated carbocycles. The summed E-state index contributed by atoms with van der Waals surface area (Å²) in [6, 6.07) is 8.06. The molecule has 0 aliphatic carbocycles. The Bertz CT molecular complexity index is 528. The summed E-state index contributed by atoms with van der Waals surface area (Å²) in [5, 5.41) is 10.9. The van der Waals surface area contributed by atoms with Gasteiger partial charge in [-0.25, -0.2) is 0 Å². The predicted octanol–water partition coefficient (Wildman–Crippen LogP) is 3.23. The lowest BCUT2D eigenvalue weighted by atomic mass is 10.1. The maximum absolute atomic E-state index is 4.28. The third-order valence-electron chi connectivity index (χ3n) is 3.07. The Kier molecular flexibility index (Phi) is 8.29. The van der Waals surface area contributed by atoms with Crippen LogP contribution in [0.2, 0.25) is 0 Å². The van der Waals surface area contributed by atoms with Crippen molar-refractivity contribution in [1.29, 1.82) is 0 Å². The van der Waals surface area contributed by atoms with Crippen molar-refractivity contribution in [3.05, 3.63) is 52.5 Å². The zero-order valence-corrected chi connectivity index (χ0v) is 15.4. The lowest BCUT2D eigenvalue weighted by Crippen LogP contribution is -2.38. The minimum atomic E-state index is 0. The zero-order valence-electron chi connectivity index (χ0n) is 12.2. The largest absolute Gasteiger partial charge is 0.356 e. The molecule has 2 N–H and O–H groups in total. The monoisotopic (exact) mass is 416 g/mol. The van der Waals surface area contributed by atoms with Gasteiger partial charge in [-0.2, -0.15) is 11.3 Å². The summed E-state index contributed by atoms with van der Waals surface area (Å²) < 4.78 is 0. The van der Waals surface area contributed by atoms with E-state index in [0.717, 1.165) is 18.2 Å². The van der Waals surface area contributed by atoms with E-state index in [2.05, 4.69) is 44.4 Å². The highest BCUT2D eigenvalue weighted by Gasteiger charge is 2.06. The van der Waals surface area contributed by atoms with Gasteiger partial charge in [0.2, 0.25) is 0 Å². The van der Waals surface area contributed by atoms with Gasteiger partial charge in [0.05, 0.1) is 12.2 Å². The minimum Gasteiger partial charge on any atom is -0.356 e.